The van der Waals surface area contributed by atoms with Gasteiger partial charge in [0.05, 0.1) is 4.88 Å². The number of benzene rings is 1. The lowest BCUT2D eigenvalue weighted by atomic mass is 10.2. The topological polar surface area (TPSA) is 29.1 Å². The number of nitrogens with one attached hydrogen (secondary N) is 1. The molecule has 0 aliphatic heterocycles. The van der Waals surface area contributed by atoms with Crippen molar-refractivity contribution in [2.24, 2.45) is 0 Å². The van der Waals surface area contributed by atoms with Crippen molar-refractivity contribution in [2.45, 2.75) is 27.2 Å². The molecule has 0 unspecified atom stereocenters. The summed E-state index contributed by atoms with van der Waals surface area (Å²) in [4.78, 5) is 14.2. The fraction of sp³-hybridized carbons (Fsp3) is 0.267. The maximum atomic E-state index is 12.2. The first-order valence-electron chi connectivity index (χ1n) is 6.18. The third-order valence-corrected chi connectivity index (χ3v) is 4.39. The number of halogens is 1. The lowest BCUT2D eigenvalue weighted by Crippen LogP contribution is -2.11. The van der Waals surface area contributed by atoms with E-state index in [1.807, 2.05) is 32.0 Å². The molecule has 0 saturated carbocycles. The number of carbonyl (C=O) groups excluding carboxylic acids is 1. The van der Waals surface area contributed by atoms with Crippen LogP contribution in [0.4, 0.5) is 5.69 Å². The molecule has 4 heteroatoms. The van der Waals surface area contributed by atoms with E-state index in [1.165, 1.54) is 21.8 Å². The first kappa shape index (κ1) is 14.1. The van der Waals surface area contributed by atoms with Crippen LogP contribution in [0.15, 0.2) is 24.3 Å². The Morgan fingerprint density at radius 3 is 2.63 bits per heavy atom. The van der Waals surface area contributed by atoms with Gasteiger partial charge >= 0.3 is 0 Å². The highest BCUT2D eigenvalue weighted by atomic mass is 35.5. The molecule has 0 atom stereocenters. The number of hydrogen-bond donors (Lipinski definition) is 1. The van der Waals surface area contributed by atoms with E-state index < -0.39 is 0 Å². The maximum absolute atomic E-state index is 12.2. The van der Waals surface area contributed by atoms with Gasteiger partial charge in [0.15, 0.2) is 0 Å². The zero-order valence-corrected chi connectivity index (χ0v) is 12.8. The van der Waals surface area contributed by atoms with Crippen LogP contribution in [0.3, 0.4) is 0 Å². The quantitative estimate of drug-likeness (QED) is 0.862. The summed E-state index contributed by atoms with van der Waals surface area (Å²) in [7, 11) is 0. The van der Waals surface area contributed by atoms with Crippen molar-refractivity contribution in [2.75, 3.05) is 5.32 Å². The predicted molar refractivity (Wildman–Crippen MR) is 82.6 cm³/mol. The number of rotatable bonds is 3. The highest BCUT2D eigenvalue weighted by Gasteiger charge is 2.12. The molecule has 1 amide bonds. The predicted octanol–water partition coefficient (Wildman–Crippen LogP) is 4.83. The summed E-state index contributed by atoms with van der Waals surface area (Å²) >= 11 is 7.44. The Kier molecular flexibility index (Phi) is 4.27. The lowest BCUT2D eigenvalue weighted by Gasteiger charge is -2.07. The van der Waals surface area contributed by atoms with Crippen molar-refractivity contribution in [1.82, 2.24) is 0 Å². The van der Waals surface area contributed by atoms with Crippen LogP contribution in [-0.4, -0.2) is 5.91 Å². The molecule has 2 rings (SSSR count). The molecule has 0 saturated heterocycles. The van der Waals surface area contributed by atoms with Crippen LogP contribution in [-0.2, 0) is 6.42 Å². The molecule has 0 aliphatic rings. The number of anilines is 1. The summed E-state index contributed by atoms with van der Waals surface area (Å²) in [5, 5.41) is 3.61. The van der Waals surface area contributed by atoms with Gasteiger partial charge in [-0.2, -0.15) is 0 Å². The van der Waals surface area contributed by atoms with Gasteiger partial charge in [0.25, 0.3) is 5.91 Å². The molecule has 1 aromatic carbocycles. The monoisotopic (exact) mass is 293 g/mol. The molecule has 0 radical (unpaired) electrons. The SMILES string of the molecule is CCc1cc(C(=O)Nc2ccc(Cl)cc2C)sc1C. The van der Waals surface area contributed by atoms with Crippen molar-refractivity contribution in [3.05, 3.63) is 50.2 Å². The van der Waals surface area contributed by atoms with Crippen LogP contribution < -0.4 is 5.32 Å². The van der Waals surface area contributed by atoms with Gasteiger partial charge in [-0.1, -0.05) is 18.5 Å². The first-order chi connectivity index (χ1) is 9.01. The Morgan fingerprint density at radius 1 is 1.32 bits per heavy atom. The molecular formula is C15H16ClNOS. The highest BCUT2D eigenvalue weighted by Crippen LogP contribution is 2.24. The number of thiophene rings is 1. The second kappa shape index (κ2) is 5.76. The standard InChI is InChI=1S/C15H16ClNOS/c1-4-11-8-14(19-10(11)3)15(18)17-13-6-5-12(16)7-9(13)2/h5-8H,4H2,1-3H3,(H,17,18). The second-order valence-corrected chi connectivity index (χ2v) is 6.15. The number of hydrogen-bond acceptors (Lipinski definition) is 2. The van der Waals surface area contributed by atoms with E-state index >= 15 is 0 Å². The largest absolute Gasteiger partial charge is 0.321 e. The number of amides is 1. The zero-order chi connectivity index (χ0) is 14.0. The lowest BCUT2D eigenvalue weighted by molar-refractivity contribution is 0.103. The van der Waals surface area contributed by atoms with Crippen molar-refractivity contribution in [1.29, 1.82) is 0 Å². The van der Waals surface area contributed by atoms with E-state index in [4.69, 9.17) is 11.6 Å². The Labute approximate surface area is 122 Å². The number of carbonyl (C=O) groups is 1. The molecule has 1 heterocycles. The average Bonchev–Trinajstić information content (AvgIpc) is 2.74. The van der Waals surface area contributed by atoms with E-state index in [0.717, 1.165) is 22.5 Å². The van der Waals surface area contributed by atoms with Crippen LogP contribution in [0, 0.1) is 13.8 Å². The first-order valence-corrected chi connectivity index (χ1v) is 7.37. The molecule has 0 bridgehead atoms. The van der Waals surface area contributed by atoms with Gasteiger partial charge in [-0.15, -0.1) is 11.3 Å². The minimum atomic E-state index is -0.0572. The molecule has 2 aromatic rings. The van der Waals surface area contributed by atoms with Gasteiger partial charge < -0.3 is 5.32 Å². The molecule has 0 fully saturated rings. The summed E-state index contributed by atoms with van der Waals surface area (Å²) in [6.45, 7) is 6.08. The van der Waals surface area contributed by atoms with Gasteiger partial charge in [0.2, 0.25) is 0 Å². The summed E-state index contributed by atoms with van der Waals surface area (Å²) in [5.41, 5.74) is 3.01. The van der Waals surface area contributed by atoms with E-state index in [-0.39, 0.29) is 5.91 Å². The Hall–Kier alpha value is -1.32. The Morgan fingerprint density at radius 2 is 2.05 bits per heavy atom. The van der Waals surface area contributed by atoms with E-state index in [1.54, 1.807) is 6.07 Å². The third kappa shape index (κ3) is 3.17. The van der Waals surface area contributed by atoms with E-state index in [0.29, 0.717) is 5.02 Å². The van der Waals surface area contributed by atoms with Crippen LogP contribution in [0.25, 0.3) is 0 Å². The number of aryl methyl sites for hydroxylation is 3. The van der Waals surface area contributed by atoms with Gasteiger partial charge in [-0.25, -0.2) is 0 Å². The normalized spacial score (nSPS) is 10.5. The summed E-state index contributed by atoms with van der Waals surface area (Å²) in [6, 6.07) is 7.42. The molecule has 1 aromatic heterocycles. The van der Waals surface area contributed by atoms with Gasteiger partial charge in [-0.05, 0) is 55.7 Å². The molecule has 0 aliphatic carbocycles. The van der Waals surface area contributed by atoms with Crippen molar-refractivity contribution < 1.29 is 4.79 Å². The minimum Gasteiger partial charge on any atom is -0.321 e. The Bertz CT molecular complexity index is 619. The summed E-state index contributed by atoms with van der Waals surface area (Å²) in [5.74, 6) is -0.0572. The molecule has 2 nitrogen and oxygen atoms in total. The zero-order valence-electron chi connectivity index (χ0n) is 11.2. The fourth-order valence-corrected chi connectivity index (χ4v) is 3.17. The minimum absolute atomic E-state index is 0.0572. The van der Waals surface area contributed by atoms with Crippen LogP contribution in [0.1, 0.15) is 32.6 Å². The van der Waals surface area contributed by atoms with Crippen LogP contribution >= 0.6 is 22.9 Å². The molecule has 19 heavy (non-hydrogen) atoms. The smallest absolute Gasteiger partial charge is 0.265 e. The summed E-state index contributed by atoms with van der Waals surface area (Å²) < 4.78 is 0. The van der Waals surface area contributed by atoms with Gasteiger partial charge in [0.1, 0.15) is 0 Å². The van der Waals surface area contributed by atoms with Gasteiger partial charge in [0, 0.05) is 15.6 Å². The average molecular weight is 294 g/mol. The highest BCUT2D eigenvalue weighted by molar-refractivity contribution is 7.14. The Balaban J connectivity index is 2.20. The molecule has 0 spiro atoms. The maximum Gasteiger partial charge on any atom is 0.265 e. The molecule has 100 valence electrons. The fourth-order valence-electron chi connectivity index (χ4n) is 1.93. The molecular weight excluding hydrogens is 278 g/mol. The van der Waals surface area contributed by atoms with E-state index in [9.17, 15) is 4.79 Å². The van der Waals surface area contributed by atoms with Gasteiger partial charge in [-0.3, -0.25) is 4.79 Å². The second-order valence-electron chi connectivity index (χ2n) is 4.46. The summed E-state index contributed by atoms with van der Waals surface area (Å²) in [6.07, 6.45) is 0.954. The van der Waals surface area contributed by atoms with Crippen LogP contribution in [0.5, 0.6) is 0 Å². The van der Waals surface area contributed by atoms with Crippen molar-refractivity contribution in [3.63, 3.8) is 0 Å². The molecule has 1 N–H and O–H groups in total. The van der Waals surface area contributed by atoms with Crippen molar-refractivity contribution >= 4 is 34.5 Å². The van der Waals surface area contributed by atoms with Crippen molar-refractivity contribution in [3.8, 4) is 0 Å². The third-order valence-electron chi connectivity index (χ3n) is 3.06. The van der Waals surface area contributed by atoms with Crippen LogP contribution in [0.2, 0.25) is 5.02 Å². The van der Waals surface area contributed by atoms with E-state index in [2.05, 4.69) is 12.2 Å².